The zero-order chi connectivity index (χ0) is 16.5. The van der Waals surface area contributed by atoms with Gasteiger partial charge in [0.1, 0.15) is 11.5 Å². The lowest BCUT2D eigenvalue weighted by Crippen LogP contribution is -1.88. The maximum absolute atomic E-state index is 5.11. The van der Waals surface area contributed by atoms with Crippen molar-refractivity contribution in [2.75, 3.05) is 14.2 Å². The van der Waals surface area contributed by atoms with Crippen LogP contribution >= 0.6 is 0 Å². The zero-order valence-corrected chi connectivity index (χ0v) is 14.6. The lowest BCUT2D eigenvalue weighted by molar-refractivity contribution is 0.414. The molecule has 0 saturated heterocycles. The van der Waals surface area contributed by atoms with E-state index in [0.29, 0.717) is 11.8 Å². The SMILES string of the molecule is COc1ccc(C(C)C)cc1.COc1cccc(C(C)C)c1. The predicted molar refractivity (Wildman–Crippen MR) is 94.2 cm³/mol. The summed E-state index contributed by atoms with van der Waals surface area (Å²) in [6.45, 7) is 8.72. The average Bonchev–Trinajstić information content (AvgIpc) is 2.55. The highest BCUT2D eigenvalue weighted by atomic mass is 16.5. The Morgan fingerprint density at radius 1 is 0.636 bits per heavy atom. The van der Waals surface area contributed by atoms with Crippen molar-refractivity contribution in [3.63, 3.8) is 0 Å². The minimum absolute atomic E-state index is 0.574. The average molecular weight is 300 g/mol. The summed E-state index contributed by atoms with van der Waals surface area (Å²) in [5.74, 6) is 3.04. The fraction of sp³-hybridized carbons (Fsp3) is 0.400. The summed E-state index contributed by atoms with van der Waals surface area (Å²) in [5, 5.41) is 0. The summed E-state index contributed by atoms with van der Waals surface area (Å²) < 4.78 is 10.2. The van der Waals surface area contributed by atoms with Crippen LogP contribution in [0.5, 0.6) is 11.5 Å². The van der Waals surface area contributed by atoms with E-state index in [0.717, 1.165) is 11.5 Å². The lowest BCUT2D eigenvalue weighted by Gasteiger charge is -2.06. The zero-order valence-electron chi connectivity index (χ0n) is 14.6. The highest BCUT2D eigenvalue weighted by Gasteiger charge is 1.99. The van der Waals surface area contributed by atoms with Crippen molar-refractivity contribution >= 4 is 0 Å². The number of ether oxygens (including phenoxy) is 2. The molecule has 0 unspecified atom stereocenters. The van der Waals surface area contributed by atoms with Crippen molar-refractivity contribution in [2.45, 2.75) is 39.5 Å². The molecular weight excluding hydrogens is 272 g/mol. The minimum Gasteiger partial charge on any atom is -0.497 e. The van der Waals surface area contributed by atoms with Gasteiger partial charge >= 0.3 is 0 Å². The topological polar surface area (TPSA) is 18.5 Å². The van der Waals surface area contributed by atoms with E-state index in [2.05, 4.69) is 52.0 Å². The van der Waals surface area contributed by atoms with E-state index in [1.807, 2.05) is 24.3 Å². The molecule has 0 atom stereocenters. The molecule has 2 heteroatoms. The van der Waals surface area contributed by atoms with E-state index in [1.54, 1.807) is 14.2 Å². The molecule has 0 aliphatic heterocycles. The Morgan fingerprint density at radius 2 is 1.18 bits per heavy atom. The third-order valence-corrected chi connectivity index (χ3v) is 3.54. The molecule has 0 radical (unpaired) electrons. The van der Waals surface area contributed by atoms with E-state index >= 15 is 0 Å². The van der Waals surface area contributed by atoms with E-state index in [4.69, 9.17) is 9.47 Å². The first-order valence-electron chi connectivity index (χ1n) is 7.75. The normalized spacial score (nSPS) is 10.2. The van der Waals surface area contributed by atoms with Gasteiger partial charge in [-0.05, 0) is 47.2 Å². The van der Waals surface area contributed by atoms with Gasteiger partial charge in [0.15, 0.2) is 0 Å². The molecule has 2 nitrogen and oxygen atoms in total. The van der Waals surface area contributed by atoms with Crippen molar-refractivity contribution in [2.24, 2.45) is 0 Å². The number of benzene rings is 2. The van der Waals surface area contributed by atoms with E-state index in [-0.39, 0.29) is 0 Å². The van der Waals surface area contributed by atoms with Gasteiger partial charge in [-0.15, -0.1) is 0 Å². The van der Waals surface area contributed by atoms with Crippen LogP contribution in [0.4, 0.5) is 0 Å². The second-order valence-corrected chi connectivity index (χ2v) is 5.86. The van der Waals surface area contributed by atoms with Crippen molar-refractivity contribution in [1.29, 1.82) is 0 Å². The number of rotatable bonds is 4. The molecule has 0 amide bonds. The number of hydrogen-bond donors (Lipinski definition) is 0. The van der Waals surface area contributed by atoms with Crippen LogP contribution in [-0.2, 0) is 0 Å². The van der Waals surface area contributed by atoms with Gasteiger partial charge in [0.25, 0.3) is 0 Å². The summed E-state index contributed by atoms with van der Waals surface area (Å²) in [6, 6.07) is 16.4. The van der Waals surface area contributed by atoms with Crippen LogP contribution in [0.25, 0.3) is 0 Å². The maximum atomic E-state index is 5.11. The number of methoxy groups -OCH3 is 2. The van der Waals surface area contributed by atoms with Crippen LogP contribution in [0.15, 0.2) is 48.5 Å². The monoisotopic (exact) mass is 300 g/mol. The third-order valence-electron chi connectivity index (χ3n) is 3.54. The molecular formula is C20H28O2. The minimum atomic E-state index is 0.574. The molecule has 0 aliphatic rings. The van der Waals surface area contributed by atoms with Gasteiger partial charge in [-0.2, -0.15) is 0 Å². The van der Waals surface area contributed by atoms with Gasteiger partial charge in [-0.3, -0.25) is 0 Å². The Balaban J connectivity index is 0.000000220. The summed E-state index contributed by atoms with van der Waals surface area (Å²) in [7, 11) is 3.38. The van der Waals surface area contributed by atoms with E-state index < -0.39 is 0 Å². The van der Waals surface area contributed by atoms with Gasteiger partial charge in [0.2, 0.25) is 0 Å². The first-order chi connectivity index (χ1) is 10.5. The van der Waals surface area contributed by atoms with Crippen molar-refractivity contribution in [3.8, 4) is 11.5 Å². The number of hydrogen-bond acceptors (Lipinski definition) is 2. The Bertz CT molecular complexity index is 542. The molecule has 2 aromatic carbocycles. The molecule has 0 heterocycles. The quantitative estimate of drug-likeness (QED) is 0.727. The van der Waals surface area contributed by atoms with Gasteiger partial charge < -0.3 is 9.47 Å². The summed E-state index contributed by atoms with van der Waals surface area (Å²) in [6.07, 6.45) is 0. The lowest BCUT2D eigenvalue weighted by atomic mass is 10.0. The smallest absolute Gasteiger partial charge is 0.119 e. The first-order valence-corrected chi connectivity index (χ1v) is 7.75. The largest absolute Gasteiger partial charge is 0.497 e. The Kier molecular flexibility index (Phi) is 7.51. The molecule has 0 aliphatic carbocycles. The van der Waals surface area contributed by atoms with Crippen LogP contribution in [0.3, 0.4) is 0 Å². The van der Waals surface area contributed by atoms with E-state index in [9.17, 15) is 0 Å². The highest BCUT2D eigenvalue weighted by Crippen LogP contribution is 2.19. The summed E-state index contributed by atoms with van der Waals surface area (Å²) >= 11 is 0. The standard InChI is InChI=1S/2C10H14O/c1-8(2)9-4-6-10(11-3)7-5-9;1-8(2)9-5-4-6-10(7-9)11-3/h2*4-8H,1-3H3. The second-order valence-electron chi connectivity index (χ2n) is 5.86. The Labute approximate surface area is 135 Å². The molecule has 2 rings (SSSR count). The maximum Gasteiger partial charge on any atom is 0.119 e. The Morgan fingerprint density at radius 3 is 1.64 bits per heavy atom. The fourth-order valence-electron chi connectivity index (χ4n) is 1.99. The molecule has 0 fully saturated rings. The molecule has 0 aromatic heterocycles. The molecule has 0 bridgehead atoms. The van der Waals surface area contributed by atoms with Crippen molar-refractivity contribution < 1.29 is 9.47 Å². The highest BCUT2D eigenvalue weighted by molar-refractivity contribution is 5.30. The third kappa shape index (κ3) is 5.80. The Hall–Kier alpha value is -1.96. The van der Waals surface area contributed by atoms with Crippen LogP contribution in [0, 0.1) is 0 Å². The molecule has 0 N–H and O–H groups in total. The van der Waals surface area contributed by atoms with Crippen LogP contribution < -0.4 is 9.47 Å². The van der Waals surface area contributed by atoms with Gasteiger partial charge in [0.05, 0.1) is 14.2 Å². The van der Waals surface area contributed by atoms with Crippen LogP contribution in [0.2, 0.25) is 0 Å². The van der Waals surface area contributed by atoms with Crippen molar-refractivity contribution in [3.05, 3.63) is 59.7 Å². The fourth-order valence-corrected chi connectivity index (χ4v) is 1.99. The summed E-state index contributed by atoms with van der Waals surface area (Å²) in [5.41, 5.74) is 2.68. The first kappa shape index (κ1) is 18.1. The molecule has 2 aromatic rings. The molecule has 120 valence electrons. The van der Waals surface area contributed by atoms with Crippen molar-refractivity contribution in [1.82, 2.24) is 0 Å². The van der Waals surface area contributed by atoms with Gasteiger partial charge in [-0.25, -0.2) is 0 Å². The second kappa shape index (κ2) is 9.14. The summed E-state index contributed by atoms with van der Waals surface area (Å²) in [4.78, 5) is 0. The molecule has 0 saturated carbocycles. The molecule has 0 spiro atoms. The molecule has 22 heavy (non-hydrogen) atoms. The van der Waals surface area contributed by atoms with Crippen LogP contribution in [-0.4, -0.2) is 14.2 Å². The van der Waals surface area contributed by atoms with Gasteiger partial charge in [0, 0.05) is 0 Å². The van der Waals surface area contributed by atoms with E-state index in [1.165, 1.54) is 11.1 Å². The predicted octanol–water partition coefficient (Wildman–Crippen LogP) is 5.64. The van der Waals surface area contributed by atoms with Crippen LogP contribution in [0.1, 0.15) is 50.7 Å². The van der Waals surface area contributed by atoms with Gasteiger partial charge in [-0.1, -0.05) is 52.0 Å².